The van der Waals surface area contributed by atoms with E-state index in [0.717, 1.165) is 5.54 Å². The van der Waals surface area contributed by atoms with Gasteiger partial charge in [0, 0.05) is 6.10 Å². The summed E-state index contributed by atoms with van der Waals surface area (Å²) >= 11 is 0. The van der Waals surface area contributed by atoms with Crippen molar-refractivity contribution < 1.29 is 4.43 Å². The van der Waals surface area contributed by atoms with Crippen molar-refractivity contribution in [3.63, 3.8) is 0 Å². The molecule has 90 valence electrons. The van der Waals surface area contributed by atoms with Gasteiger partial charge in [0.1, 0.15) is 0 Å². The van der Waals surface area contributed by atoms with E-state index in [-0.39, 0.29) is 0 Å². The summed E-state index contributed by atoms with van der Waals surface area (Å²) in [6.45, 7) is 9.36. The fourth-order valence-corrected chi connectivity index (χ4v) is 5.96. The van der Waals surface area contributed by atoms with Crippen LogP contribution in [0, 0.1) is 0 Å². The summed E-state index contributed by atoms with van der Waals surface area (Å²) in [4.78, 5) is 0. The average Bonchev–Trinajstić information content (AvgIpc) is 2.27. The van der Waals surface area contributed by atoms with Gasteiger partial charge in [0.2, 0.25) is 0 Å². The van der Waals surface area contributed by atoms with E-state index in [9.17, 15) is 0 Å². The van der Waals surface area contributed by atoms with Gasteiger partial charge in [-0.2, -0.15) is 0 Å². The smallest absolute Gasteiger partial charge is 0.190 e. The quantitative estimate of drug-likeness (QED) is 0.618. The highest BCUT2D eigenvalue weighted by Gasteiger charge is 2.35. The van der Waals surface area contributed by atoms with E-state index in [0.29, 0.717) is 6.10 Å². The molecule has 0 atom stereocenters. The Hall–Kier alpha value is 0.177. The molecule has 1 nitrogen and oxygen atoms in total. The van der Waals surface area contributed by atoms with Gasteiger partial charge < -0.3 is 4.43 Å². The summed E-state index contributed by atoms with van der Waals surface area (Å²) in [5.41, 5.74) is 0.923. The van der Waals surface area contributed by atoms with Crippen LogP contribution in [0.2, 0.25) is 18.6 Å². The van der Waals surface area contributed by atoms with E-state index in [2.05, 4.69) is 26.9 Å². The molecule has 2 heteroatoms. The Bertz CT molecular complexity index is 169. The molecule has 1 saturated carbocycles. The van der Waals surface area contributed by atoms with Crippen LogP contribution in [0.5, 0.6) is 0 Å². The summed E-state index contributed by atoms with van der Waals surface area (Å²) < 4.78 is 6.41. The topological polar surface area (TPSA) is 9.23 Å². The zero-order valence-electron chi connectivity index (χ0n) is 11.0. The minimum absolute atomic E-state index is 0.522. The molecule has 0 heterocycles. The maximum atomic E-state index is 6.41. The zero-order chi connectivity index (χ0) is 11.3. The second-order valence-electron chi connectivity index (χ2n) is 5.49. The Labute approximate surface area is 96.7 Å². The van der Waals surface area contributed by atoms with Gasteiger partial charge in [-0.05, 0) is 31.5 Å². The van der Waals surface area contributed by atoms with Gasteiger partial charge in [0.25, 0.3) is 0 Å². The number of hydrogen-bond donors (Lipinski definition) is 0. The van der Waals surface area contributed by atoms with Crippen LogP contribution >= 0.6 is 0 Å². The lowest BCUT2D eigenvalue weighted by molar-refractivity contribution is 0.174. The summed E-state index contributed by atoms with van der Waals surface area (Å²) in [5.74, 6) is 0. The largest absolute Gasteiger partial charge is 0.414 e. The lowest BCUT2D eigenvalue weighted by atomic mass is 10.0. The van der Waals surface area contributed by atoms with Crippen molar-refractivity contribution >= 4 is 8.32 Å². The third-order valence-electron chi connectivity index (χ3n) is 3.97. The van der Waals surface area contributed by atoms with Gasteiger partial charge in [0.05, 0.1) is 0 Å². The van der Waals surface area contributed by atoms with Crippen LogP contribution in [0.3, 0.4) is 0 Å². The van der Waals surface area contributed by atoms with E-state index in [1.807, 2.05) is 0 Å². The minimum Gasteiger partial charge on any atom is -0.414 e. The molecule has 0 radical (unpaired) electrons. The van der Waals surface area contributed by atoms with E-state index in [1.54, 1.807) is 0 Å². The van der Waals surface area contributed by atoms with Crippen molar-refractivity contribution in [2.45, 2.75) is 83.5 Å². The molecule has 0 aromatic heterocycles. The van der Waals surface area contributed by atoms with Crippen LogP contribution < -0.4 is 0 Å². The molecule has 1 aliphatic rings. The first kappa shape index (κ1) is 13.2. The molecular formula is C13H28OSi. The Morgan fingerprint density at radius 2 is 1.60 bits per heavy atom. The number of rotatable bonds is 5. The van der Waals surface area contributed by atoms with Gasteiger partial charge in [-0.1, -0.05) is 46.0 Å². The van der Waals surface area contributed by atoms with Crippen molar-refractivity contribution in [1.82, 2.24) is 0 Å². The highest BCUT2D eigenvalue weighted by atomic mass is 28.4. The Morgan fingerprint density at radius 1 is 1.07 bits per heavy atom. The maximum Gasteiger partial charge on any atom is 0.190 e. The fourth-order valence-electron chi connectivity index (χ4n) is 2.78. The average molecular weight is 228 g/mol. The molecule has 0 aromatic rings. The SMILES string of the molecule is CCC(CC)O[Si](C)(C)C1CCCCC1. The third kappa shape index (κ3) is 3.91. The van der Waals surface area contributed by atoms with Crippen molar-refractivity contribution in [2.75, 3.05) is 0 Å². The van der Waals surface area contributed by atoms with Crippen molar-refractivity contribution in [3.8, 4) is 0 Å². The zero-order valence-corrected chi connectivity index (χ0v) is 12.0. The van der Waals surface area contributed by atoms with E-state index >= 15 is 0 Å². The molecule has 0 aliphatic heterocycles. The maximum absolute atomic E-state index is 6.41. The lowest BCUT2D eigenvalue weighted by Gasteiger charge is -2.37. The monoisotopic (exact) mass is 228 g/mol. The Kier molecular flexibility index (Phi) is 5.34. The third-order valence-corrected chi connectivity index (χ3v) is 7.45. The second-order valence-corrected chi connectivity index (χ2v) is 9.75. The molecule has 0 N–H and O–H groups in total. The van der Waals surface area contributed by atoms with Crippen molar-refractivity contribution in [2.24, 2.45) is 0 Å². The van der Waals surface area contributed by atoms with Crippen LogP contribution in [-0.4, -0.2) is 14.4 Å². The molecule has 1 fully saturated rings. The molecule has 0 aromatic carbocycles. The summed E-state index contributed by atoms with van der Waals surface area (Å²) in [5, 5.41) is 0. The predicted molar refractivity (Wildman–Crippen MR) is 69.8 cm³/mol. The summed E-state index contributed by atoms with van der Waals surface area (Å²) in [6, 6.07) is 0. The lowest BCUT2D eigenvalue weighted by Crippen LogP contribution is -2.41. The number of hydrogen-bond acceptors (Lipinski definition) is 1. The van der Waals surface area contributed by atoms with E-state index in [1.165, 1.54) is 44.9 Å². The standard InChI is InChI=1S/C13H28OSi/c1-5-12(6-2)14-15(3,4)13-10-8-7-9-11-13/h12-13H,5-11H2,1-4H3. The molecule has 0 unspecified atom stereocenters. The highest BCUT2D eigenvalue weighted by molar-refractivity contribution is 6.72. The van der Waals surface area contributed by atoms with Crippen LogP contribution in [0.4, 0.5) is 0 Å². The second kappa shape index (κ2) is 6.05. The van der Waals surface area contributed by atoms with Crippen LogP contribution in [-0.2, 0) is 4.43 Å². The van der Waals surface area contributed by atoms with Crippen molar-refractivity contribution in [1.29, 1.82) is 0 Å². The minimum atomic E-state index is -1.41. The van der Waals surface area contributed by atoms with Crippen LogP contribution in [0.1, 0.15) is 58.8 Å². The van der Waals surface area contributed by atoms with E-state index in [4.69, 9.17) is 4.43 Å². The molecule has 0 spiro atoms. The molecule has 0 bridgehead atoms. The first-order chi connectivity index (χ1) is 7.10. The fraction of sp³-hybridized carbons (Fsp3) is 1.00. The first-order valence-electron chi connectivity index (χ1n) is 6.78. The molecule has 0 amide bonds. The van der Waals surface area contributed by atoms with Crippen LogP contribution in [0.25, 0.3) is 0 Å². The molecule has 1 aliphatic carbocycles. The summed E-state index contributed by atoms with van der Waals surface area (Å²) in [6.07, 6.45) is 10.1. The van der Waals surface area contributed by atoms with Gasteiger partial charge in [-0.15, -0.1) is 0 Å². The molecule has 15 heavy (non-hydrogen) atoms. The van der Waals surface area contributed by atoms with Gasteiger partial charge in [-0.25, -0.2) is 0 Å². The Balaban J connectivity index is 2.47. The first-order valence-corrected chi connectivity index (χ1v) is 9.76. The predicted octanol–water partition coefficient (Wildman–Crippen LogP) is 4.73. The van der Waals surface area contributed by atoms with Crippen molar-refractivity contribution in [3.05, 3.63) is 0 Å². The summed E-state index contributed by atoms with van der Waals surface area (Å²) in [7, 11) is -1.41. The molecular weight excluding hydrogens is 200 g/mol. The normalized spacial score (nSPS) is 19.8. The van der Waals surface area contributed by atoms with Gasteiger partial charge in [0.15, 0.2) is 8.32 Å². The molecule has 0 saturated heterocycles. The van der Waals surface area contributed by atoms with Crippen LogP contribution in [0.15, 0.2) is 0 Å². The molecule has 1 rings (SSSR count). The Morgan fingerprint density at radius 3 is 2.07 bits per heavy atom. The van der Waals surface area contributed by atoms with Gasteiger partial charge >= 0.3 is 0 Å². The van der Waals surface area contributed by atoms with E-state index < -0.39 is 8.32 Å². The van der Waals surface area contributed by atoms with Gasteiger partial charge in [-0.3, -0.25) is 0 Å². The highest BCUT2D eigenvalue weighted by Crippen LogP contribution is 2.38.